The summed E-state index contributed by atoms with van der Waals surface area (Å²) in [5, 5.41) is 0.193. The summed E-state index contributed by atoms with van der Waals surface area (Å²) < 4.78 is 19.5. The quantitative estimate of drug-likeness (QED) is 0.202. The number of carbonyl (C=O) groups is 2. The van der Waals surface area contributed by atoms with Crippen LogP contribution in [0.5, 0.6) is 0 Å². The van der Waals surface area contributed by atoms with E-state index in [9.17, 15) is 9.59 Å². The molecule has 0 spiro atoms. The van der Waals surface area contributed by atoms with Crippen LogP contribution in [-0.2, 0) is 14.2 Å². The lowest BCUT2D eigenvalue weighted by atomic mass is 9.99. The molecule has 9 nitrogen and oxygen atoms in total. The van der Waals surface area contributed by atoms with Gasteiger partial charge in [-0.05, 0) is 30.3 Å². The third kappa shape index (κ3) is 5.01. The molecule has 2 aromatic carbocycles. The summed E-state index contributed by atoms with van der Waals surface area (Å²) in [6, 6.07) is 17.2. The van der Waals surface area contributed by atoms with E-state index >= 15 is 0 Å². The van der Waals surface area contributed by atoms with E-state index in [4.69, 9.17) is 25.8 Å². The number of rotatable bonds is 7. The van der Waals surface area contributed by atoms with E-state index in [0.717, 1.165) is 0 Å². The lowest BCUT2D eigenvalue weighted by Crippen LogP contribution is -2.35. The molecule has 1 saturated heterocycles. The first-order valence-corrected chi connectivity index (χ1v) is 11.8. The van der Waals surface area contributed by atoms with Crippen LogP contribution in [-0.4, -0.2) is 50.3 Å². The number of aromatic nitrogens is 4. The molecular weight excluding hydrogens is 496 g/mol. The molecule has 1 fully saturated rings. The van der Waals surface area contributed by atoms with Gasteiger partial charge in [0.1, 0.15) is 36.9 Å². The van der Waals surface area contributed by atoms with E-state index < -0.39 is 36.3 Å². The topological polar surface area (TPSA) is 105 Å². The van der Waals surface area contributed by atoms with Crippen LogP contribution >= 0.6 is 11.6 Å². The van der Waals surface area contributed by atoms with Gasteiger partial charge in [-0.15, -0.1) is 5.73 Å². The monoisotopic (exact) mass is 516 g/mol. The Morgan fingerprint density at radius 2 is 1.70 bits per heavy atom. The van der Waals surface area contributed by atoms with Gasteiger partial charge in [-0.25, -0.2) is 24.5 Å². The second-order valence-corrected chi connectivity index (χ2v) is 8.56. The molecule has 2 aromatic heterocycles. The molecule has 0 unspecified atom stereocenters. The smallest absolute Gasteiger partial charge is 0.338 e. The predicted octanol–water partition coefficient (Wildman–Crippen LogP) is 4.42. The standard InChI is InChI=1S/C27H21ClN4O5/c1-2-9-19-22(37-27(34)18-12-7-4-8-13-18)20(14-35-26(33)17-10-5-3-6-11-17)36-25(19)32-16-31-21-23(28)29-15-30-24(21)32/h3-13,15-16,19-20,22,25H,1,14H2/t19-,20+,22-,25+/m0/s1. The number of nitrogens with zero attached hydrogens (tertiary/aromatic N) is 4. The molecule has 0 saturated carbocycles. The Kier molecular flexibility index (Phi) is 7.09. The van der Waals surface area contributed by atoms with Crippen LogP contribution in [0.4, 0.5) is 0 Å². The number of fused-ring (bicyclic) bond motifs is 1. The first-order valence-electron chi connectivity index (χ1n) is 11.4. The summed E-state index contributed by atoms with van der Waals surface area (Å²) >= 11 is 6.19. The Morgan fingerprint density at radius 3 is 2.38 bits per heavy atom. The highest BCUT2D eigenvalue weighted by molar-refractivity contribution is 6.33. The molecule has 4 aromatic rings. The van der Waals surface area contributed by atoms with Crippen molar-refractivity contribution in [3.05, 3.63) is 108 Å². The Hall–Kier alpha value is -4.30. The molecule has 3 heterocycles. The molecule has 1 aliphatic heterocycles. The number of imidazole rings is 1. The number of hydrogen-bond acceptors (Lipinski definition) is 8. The van der Waals surface area contributed by atoms with E-state index in [2.05, 4.69) is 27.3 Å². The average Bonchev–Trinajstić information content (AvgIpc) is 3.51. The second-order valence-electron chi connectivity index (χ2n) is 8.20. The van der Waals surface area contributed by atoms with Gasteiger partial charge < -0.3 is 14.2 Å². The maximum Gasteiger partial charge on any atom is 0.338 e. The highest BCUT2D eigenvalue weighted by Gasteiger charge is 2.48. The molecule has 0 bridgehead atoms. The average molecular weight is 517 g/mol. The van der Waals surface area contributed by atoms with Gasteiger partial charge in [0.25, 0.3) is 0 Å². The number of ether oxygens (including phenoxy) is 3. The van der Waals surface area contributed by atoms with Crippen LogP contribution in [0, 0.1) is 5.92 Å². The second kappa shape index (κ2) is 10.8. The minimum Gasteiger partial charge on any atom is -0.459 e. The Balaban J connectivity index is 1.47. The Morgan fingerprint density at radius 1 is 1.03 bits per heavy atom. The third-order valence-corrected chi connectivity index (χ3v) is 6.21. The first-order chi connectivity index (χ1) is 18.1. The minimum atomic E-state index is -0.842. The van der Waals surface area contributed by atoms with Crippen molar-refractivity contribution in [2.45, 2.75) is 18.4 Å². The minimum absolute atomic E-state index is 0.166. The maximum atomic E-state index is 13.0. The van der Waals surface area contributed by atoms with Gasteiger partial charge in [0.15, 0.2) is 10.8 Å². The van der Waals surface area contributed by atoms with Crippen molar-refractivity contribution >= 4 is 34.7 Å². The molecule has 0 amide bonds. The largest absolute Gasteiger partial charge is 0.459 e. The van der Waals surface area contributed by atoms with Crippen molar-refractivity contribution in [3.63, 3.8) is 0 Å². The lowest BCUT2D eigenvalue weighted by molar-refractivity contribution is -0.0565. The number of carbonyl (C=O) groups excluding carboxylic acids is 2. The summed E-state index contributed by atoms with van der Waals surface area (Å²) in [5.74, 6) is -1.63. The van der Waals surface area contributed by atoms with E-state index in [1.54, 1.807) is 71.3 Å². The van der Waals surface area contributed by atoms with Crippen molar-refractivity contribution in [1.29, 1.82) is 0 Å². The number of benzene rings is 2. The van der Waals surface area contributed by atoms with E-state index in [0.29, 0.717) is 22.3 Å². The molecule has 186 valence electrons. The zero-order valence-electron chi connectivity index (χ0n) is 19.4. The normalized spacial score (nSPS) is 20.8. The zero-order valence-corrected chi connectivity index (χ0v) is 20.2. The summed E-state index contributed by atoms with van der Waals surface area (Å²) in [7, 11) is 0. The van der Waals surface area contributed by atoms with Gasteiger partial charge >= 0.3 is 11.9 Å². The van der Waals surface area contributed by atoms with Crippen LogP contribution in [0.3, 0.4) is 0 Å². The fourth-order valence-corrected chi connectivity index (χ4v) is 4.38. The molecule has 10 heteroatoms. The van der Waals surface area contributed by atoms with Crippen molar-refractivity contribution < 1.29 is 23.8 Å². The highest BCUT2D eigenvalue weighted by Crippen LogP contribution is 2.39. The molecule has 1 aliphatic rings. The van der Waals surface area contributed by atoms with Gasteiger partial charge in [-0.3, -0.25) is 4.57 Å². The maximum absolute atomic E-state index is 13.0. The highest BCUT2D eigenvalue weighted by atomic mass is 35.5. The molecule has 0 N–H and O–H groups in total. The molecule has 5 rings (SSSR count). The molecule has 4 atom stereocenters. The van der Waals surface area contributed by atoms with Crippen molar-refractivity contribution in [1.82, 2.24) is 19.5 Å². The van der Waals surface area contributed by atoms with Crippen LogP contribution in [0.25, 0.3) is 11.2 Å². The van der Waals surface area contributed by atoms with E-state index in [1.165, 1.54) is 12.7 Å². The van der Waals surface area contributed by atoms with Crippen molar-refractivity contribution in [3.8, 4) is 0 Å². The predicted molar refractivity (Wildman–Crippen MR) is 134 cm³/mol. The first kappa shape index (κ1) is 24.4. The fraction of sp³-hybridized carbons (Fsp3) is 0.185. The summed E-state index contributed by atoms with van der Waals surface area (Å²) in [5.41, 5.74) is 4.36. The molecule has 37 heavy (non-hydrogen) atoms. The van der Waals surface area contributed by atoms with Crippen LogP contribution < -0.4 is 0 Å². The molecule has 0 radical (unpaired) electrons. The zero-order chi connectivity index (χ0) is 25.8. The molecule has 0 aliphatic carbocycles. The van der Waals surface area contributed by atoms with Gasteiger partial charge in [-0.2, -0.15) is 0 Å². The Labute approximate surface area is 217 Å². The summed E-state index contributed by atoms with van der Waals surface area (Å²) in [6.45, 7) is 3.53. The van der Waals surface area contributed by atoms with Gasteiger partial charge in [0.2, 0.25) is 0 Å². The van der Waals surface area contributed by atoms with E-state index in [-0.39, 0.29) is 11.8 Å². The van der Waals surface area contributed by atoms with Crippen molar-refractivity contribution in [2.24, 2.45) is 5.92 Å². The lowest BCUT2D eigenvalue weighted by Gasteiger charge is -2.22. The van der Waals surface area contributed by atoms with Crippen LogP contribution in [0.15, 0.2) is 91.7 Å². The number of halogens is 1. The summed E-state index contributed by atoms with van der Waals surface area (Å²) in [6.07, 6.45) is 2.11. The SMILES string of the molecule is C=C=C[C@H]1[C@H](OC(=O)c2ccccc2)[C@@H](COC(=O)c2ccccc2)O[C@H]1n1cnc2c(Cl)ncnc21. The van der Waals surface area contributed by atoms with Gasteiger partial charge in [0.05, 0.1) is 23.4 Å². The number of hydrogen-bond donors (Lipinski definition) is 0. The third-order valence-electron chi connectivity index (χ3n) is 5.93. The fourth-order valence-electron chi connectivity index (χ4n) is 4.20. The van der Waals surface area contributed by atoms with Crippen LogP contribution in [0.2, 0.25) is 5.15 Å². The van der Waals surface area contributed by atoms with Crippen molar-refractivity contribution in [2.75, 3.05) is 6.61 Å². The Bertz CT molecular complexity index is 1470. The van der Waals surface area contributed by atoms with Gasteiger partial charge in [-0.1, -0.05) is 54.6 Å². The number of esters is 2. The van der Waals surface area contributed by atoms with Gasteiger partial charge in [0, 0.05) is 0 Å². The van der Waals surface area contributed by atoms with E-state index in [1.807, 2.05) is 0 Å². The van der Waals surface area contributed by atoms with Crippen LogP contribution in [0.1, 0.15) is 26.9 Å². The summed E-state index contributed by atoms with van der Waals surface area (Å²) in [4.78, 5) is 38.2. The molecular formula is C27H21ClN4O5.